The highest BCUT2D eigenvalue weighted by Crippen LogP contribution is 2.25. The number of carbonyl (C=O) groups is 1. The highest BCUT2D eigenvalue weighted by Gasteiger charge is 2.22. The van der Waals surface area contributed by atoms with Gasteiger partial charge in [-0.2, -0.15) is 5.10 Å². The van der Waals surface area contributed by atoms with E-state index in [-0.39, 0.29) is 23.4 Å². The summed E-state index contributed by atoms with van der Waals surface area (Å²) in [5, 5.41) is 14.6. The standard InChI is InChI=1S/C16H15N3O5/c1-23-16(20)13-3-2-4-15(19(21)22)14(13)10-24-12-7-5-11(6-8-12)9-18-17/h2-9H,10,17H2,1H3. The van der Waals surface area contributed by atoms with E-state index in [0.717, 1.165) is 5.56 Å². The van der Waals surface area contributed by atoms with E-state index in [1.807, 2.05) is 0 Å². The number of nitrogens with zero attached hydrogens (tertiary/aromatic N) is 2. The monoisotopic (exact) mass is 329 g/mol. The van der Waals surface area contributed by atoms with Gasteiger partial charge in [0.2, 0.25) is 0 Å². The Hall–Kier alpha value is -3.42. The number of hydrazone groups is 1. The minimum absolute atomic E-state index is 0.0959. The average molecular weight is 329 g/mol. The summed E-state index contributed by atoms with van der Waals surface area (Å²) in [5.74, 6) is 4.89. The average Bonchev–Trinajstić information content (AvgIpc) is 2.60. The molecule has 2 N–H and O–H groups in total. The normalized spacial score (nSPS) is 10.5. The van der Waals surface area contributed by atoms with Crippen LogP contribution in [-0.4, -0.2) is 24.2 Å². The SMILES string of the molecule is COC(=O)c1cccc([N+](=O)[O-])c1COc1ccc(C=NN)cc1. The summed E-state index contributed by atoms with van der Waals surface area (Å²) in [5.41, 5.74) is 0.830. The first-order valence-corrected chi connectivity index (χ1v) is 6.87. The summed E-state index contributed by atoms with van der Waals surface area (Å²) in [6.45, 7) is -0.147. The van der Waals surface area contributed by atoms with Gasteiger partial charge in [-0.3, -0.25) is 10.1 Å². The predicted octanol–water partition coefficient (Wildman–Crippen LogP) is 2.25. The van der Waals surface area contributed by atoms with Crippen molar-refractivity contribution in [2.24, 2.45) is 10.9 Å². The molecule has 0 saturated carbocycles. The molecule has 8 heteroatoms. The fourth-order valence-electron chi connectivity index (χ4n) is 2.09. The number of ether oxygens (including phenoxy) is 2. The number of benzene rings is 2. The number of rotatable bonds is 6. The van der Waals surface area contributed by atoms with Crippen molar-refractivity contribution in [1.82, 2.24) is 0 Å². The molecule has 0 spiro atoms. The van der Waals surface area contributed by atoms with Gasteiger partial charge in [-0.25, -0.2) is 4.79 Å². The van der Waals surface area contributed by atoms with Crippen LogP contribution in [0.3, 0.4) is 0 Å². The number of methoxy groups -OCH3 is 1. The zero-order valence-electron chi connectivity index (χ0n) is 12.8. The van der Waals surface area contributed by atoms with E-state index in [2.05, 4.69) is 9.84 Å². The fourth-order valence-corrected chi connectivity index (χ4v) is 2.09. The van der Waals surface area contributed by atoms with E-state index < -0.39 is 10.9 Å². The molecule has 0 radical (unpaired) electrons. The number of nitrogens with two attached hydrogens (primary N) is 1. The van der Waals surface area contributed by atoms with Crippen LogP contribution in [0, 0.1) is 10.1 Å². The van der Waals surface area contributed by atoms with Crippen LogP contribution >= 0.6 is 0 Å². The molecule has 0 aromatic heterocycles. The second-order valence-corrected chi connectivity index (χ2v) is 4.69. The molecule has 2 rings (SSSR count). The molecule has 24 heavy (non-hydrogen) atoms. The van der Waals surface area contributed by atoms with Crippen LogP contribution in [0.4, 0.5) is 5.69 Å². The number of esters is 1. The van der Waals surface area contributed by atoms with Gasteiger partial charge in [0.05, 0.1) is 29.4 Å². The highest BCUT2D eigenvalue weighted by molar-refractivity contribution is 5.92. The Morgan fingerprint density at radius 3 is 2.58 bits per heavy atom. The van der Waals surface area contributed by atoms with Crippen LogP contribution in [0.15, 0.2) is 47.6 Å². The number of nitro groups is 1. The summed E-state index contributed by atoms with van der Waals surface area (Å²) in [6, 6.07) is 11.0. The molecule has 0 aliphatic rings. The Labute approximate surface area is 137 Å². The van der Waals surface area contributed by atoms with Gasteiger partial charge in [0.25, 0.3) is 5.69 Å². The van der Waals surface area contributed by atoms with Crippen molar-refractivity contribution in [3.8, 4) is 5.75 Å². The molecule has 8 nitrogen and oxygen atoms in total. The summed E-state index contributed by atoms with van der Waals surface area (Å²) in [4.78, 5) is 22.4. The van der Waals surface area contributed by atoms with Crippen LogP contribution in [0.5, 0.6) is 5.75 Å². The third-order valence-electron chi connectivity index (χ3n) is 3.24. The van der Waals surface area contributed by atoms with Gasteiger partial charge in [-0.05, 0) is 35.9 Å². The fraction of sp³-hybridized carbons (Fsp3) is 0.125. The molecule has 0 amide bonds. The molecule has 2 aromatic rings. The minimum atomic E-state index is -0.660. The molecule has 0 aliphatic heterocycles. The van der Waals surface area contributed by atoms with Gasteiger partial charge < -0.3 is 15.3 Å². The maximum Gasteiger partial charge on any atom is 0.338 e. The van der Waals surface area contributed by atoms with Crippen molar-refractivity contribution in [3.05, 3.63) is 69.3 Å². The molecule has 0 bridgehead atoms. The molecule has 0 saturated heterocycles. The van der Waals surface area contributed by atoms with Crippen LogP contribution in [0.1, 0.15) is 21.5 Å². The summed E-state index contributed by atoms with van der Waals surface area (Å²) in [6.07, 6.45) is 1.47. The second-order valence-electron chi connectivity index (χ2n) is 4.69. The van der Waals surface area contributed by atoms with Crippen molar-refractivity contribution < 1.29 is 19.2 Å². The topological polar surface area (TPSA) is 117 Å². The summed E-state index contributed by atoms with van der Waals surface area (Å²) < 4.78 is 10.2. The Morgan fingerprint density at radius 2 is 2.00 bits per heavy atom. The lowest BCUT2D eigenvalue weighted by Gasteiger charge is -2.10. The lowest BCUT2D eigenvalue weighted by Crippen LogP contribution is -2.10. The van der Waals surface area contributed by atoms with Crippen molar-refractivity contribution in [2.75, 3.05) is 7.11 Å². The van der Waals surface area contributed by atoms with Gasteiger partial charge in [-0.15, -0.1) is 0 Å². The van der Waals surface area contributed by atoms with Crippen LogP contribution < -0.4 is 10.6 Å². The van der Waals surface area contributed by atoms with Crippen molar-refractivity contribution in [1.29, 1.82) is 0 Å². The maximum absolute atomic E-state index is 11.8. The Bertz CT molecular complexity index is 772. The second kappa shape index (κ2) is 7.73. The van der Waals surface area contributed by atoms with Crippen LogP contribution in [-0.2, 0) is 11.3 Å². The van der Waals surface area contributed by atoms with Gasteiger partial charge in [0.15, 0.2) is 0 Å². The van der Waals surface area contributed by atoms with Crippen molar-refractivity contribution in [2.45, 2.75) is 6.61 Å². The molecular formula is C16H15N3O5. The molecule has 0 atom stereocenters. The molecular weight excluding hydrogens is 314 g/mol. The van der Waals surface area contributed by atoms with E-state index in [1.54, 1.807) is 24.3 Å². The van der Waals surface area contributed by atoms with E-state index in [1.165, 1.54) is 31.5 Å². The smallest absolute Gasteiger partial charge is 0.338 e. The zero-order valence-corrected chi connectivity index (χ0v) is 12.8. The Kier molecular flexibility index (Phi) is 5.45. The first kappa shape index (κ1) is 16.9. The summed E-state index contributed by atoms with van der Waals surface area (Å²) in [7, 11) is 1.21. The van der Waals surface area contributed by atoms with Crippen LogP contribution in [0.25, 0.3) is 0 Å². The number of nitro benzene ring substituents is 1. The first-order valence-electron chi connectivity index (χ1n) is 6.87. The van der Waals surface area contributed by atoms with Crippen LogP contribution in [0.2, 0.25) is 0 Å². The van der Waals surface area contributed by atoms with Gasteiger partial charge in [0.1, 0.15) is 12.4 Å². The van der Waals surface area contributed by atoms with Crippen molar-refractivity contribution in [3.63, 3.8) is 0 Å². The van der Waals surface area contributed by atoms with Gasteiger partial charge in [0, 0.05) is 6.07 Å². The third kappa shape index (κ3) is 3.86. The molecule has 0 aliphatic carbocycles. The molecule has 0 heterocycles. The van der Waals surface area contributed by atoms with E-state index in [0.29, 0.717) is 5.75 Å². The Morgan fingerprint density at radius 1 is 1.29 bits per heavy atom. The zero-order chi connectivity index (χ0) is 17.5. The highest BCUT2D eigenvalue weighted by atomic mass is 16.6. The van der Waals surface area contributed by atoms with E-state index >= 15 is 0 Å². The maximum atomic E-state index is 11.8. The van der Waals surface area contributed by atoms with E-state index in [9.17, 15) is 14.9 Å². The number of carbonyl (C=O) groups excluding carboxylic acids is 1. The summed E-state index contributed by atoms with van der Waals surface area (Å²) >= 11 is 0. The lowest BCUT2D eigenvalue weighted by atomic mass is 10.1. The molecule has 0 unspecified atom stereocenters. The quantitative estimate of drug-likeness (QED) is 0.285. The number of hydrogen-bond acceptors (Lipinski definition) is 7. The first-order chi connectivity index (χ1) is 11.6. The molecule has 2 aromatic carbocycles. The molecule has 124 valence electrons. The predicted molar refractivity (Wildman–Crippen MR) is 87.0 cm³/mol. The van der Waals surface area contributed by atoms with Crippen molar-refractivity contribution >= 4 is 17.9 Å². The third-order valence-corrected chi connectivity index (χ3v) is 3.24. The minimum Gasteiger partial charge on any atom is -0.489 e. The Balaban J connectivity index is 2.27. The molecule has 0 fully saturated rings. The van der Waals surface area contributed by atoms with E-state index in [4.69, 9.17) is 10.6 Å². The lowest BCUT2D eigenvalue weighted by molar-refractivity contribution is -0.385. The largest absolute Gasteiger partial charge is 0.489 e. The van der Waals surface area contributed by atoms with Gasteiger partial charge >= 0.3 is 5.97 Å². The number of hydrogen-bond donors (Lipinski definition) is 1. The van der Waals surface area contributed by atoms with Gasteiger partial charge in [-0.1, -0.05) is 6.07 Å².